The molecule has 0 fully saturated rings. The van der Waals surface area contributed by atoms with Crippen LogP contribution in [0.3, 0.4) is 0 Å². The summed E-state index contributed by atoms with van der Waals surface area (Å²) in [6.07, 6.45) is 2.60. The fourth-order valence-corrected chi connectivity index (χ4v) is 7.84. The molecule has 0 aliphatic heterocycles. The molecule has 120 valence electrons. The van der Waals surface area contributed by atoms with Gasteiger partial charge in [-0.3, -0.25) is 0 Å². The van der Waals surface area contributed by atoms with Crippen molar-refractivity contribution in [3.63, 3.8) is 0 Å². The first-order valence-electron chi connectivity index (χ1n) is 7.64. The van der Waals surface area contributed by atoms with Crippen molar-refractivity contribution in [1.29, 1.82) is 0 Å². The van der Waals surface area contributed by atoms with Crippen LogP contribution in [0, 0.1) is 5.92 Å². The van der Waals surface area contributed by atoms with Gasteiger partial charge in [-0.05, 0) is 0 Å². The summed E-state index contributed by atoms with van der Waals surface area (Å²) in [5.41, 5.74) is 0. The normalized spacial score (nSPS) is 14.0. The molecule has 0 spiro atoms. The molecule has 0 aromatic heterocycles. The third-order valence-electron chi connectivity index (χ3n) is 2.86. The third kappa shape index (κ3) is 12.3. The first-order chi connectivity index (χ1) is 9.65. The minimum absolute atomic E-state index is 0.154. The van der Waals surface area contributed by atoms with Crippen molar-refractivity contribution in [2.45, 2.75) is 69.9 Å². The van der Waals surface area contributed by atoms with Gasteiger partial charge in [0.05, 0.1) is 0 Å². The zero-order valence-electron chi connectivity index (χ0n) is 14.2. The molecule has 0 rings (SSSR count). The molecule has 0 aliphatic carbocycles. The summed E-state index contributed by atoms with van der Waals surface area (Å²) in [6, 6.07) is 0. The predicted molar refractivity (Wildman–Crippen MR) is 79.6 cm³/mol. The van der Waals surface area contributed by atoms with Gasteiger partial charge in [0.2, 0.25) is 0 Å². The van der Waals surface area contributed by atoms with E-state index in [1.54, 1.807) is 0 Å². The SMILES string of the molecule is CCCC[C@H]([CH2][Hg][O]C(C)=O)C(OC(C)=O)O[Si](C)(C)C. The van der Waals surface area contributed by atoms with Crippen LogP contribution >= 0.6 is 0 Å². The van der Waals surface area contributed by atoms with E-state index in [-0.39, 0.29) is 17.9 Å². The van der Waals surface area contributed by atoms with E-state index in [2.05, 4.69) is 26.6 Å². The van der Waals surface area contributed by atoms with Crippen LogP contribution in [-0.4, -0.2) is 26.5 Å². The van der Waals surface area contributed by atoms with Crippen LogP contribution in [0.25, 0.3) is 0 Å². The van der Waals surface area contributed by atoms with Crippen molar-refractivity contribution in [3.8, 4) is 0 Å². The van der Waals surface area contributed by atoms with Crippen molar-refractivity contribution in [2.75, 3.05) is 0 Å². The Balaban J connectivity index is 4.78. The Morgan fingerprint density at radius 1 is 1.14 bits per heavy atom. The molecule has 0 N–H and O–H groups in total. The van der Waals surface area contributed by atoms with Gasteiger partial charge in [0.25, 0.3) is 0 Å². The summed E-state index contributed by atoms with van der Waals surface area (Å²) < 4.78 is 17.6. The van der Waals surface area contributed by atoms with E-state index >= 15 is 0 Å². The van der Waals surface area contributed by atoms with Crippen LogP contribution in [0.4, 0.5) is 0 Å². The standard InChI is InChI=1S/C12H25O3Si.C2H4O2.Hg/c1-7-8-9-10(2)12(14-11(3)13)15-16(4,5)6;1-2(3)4;/h10,12H,2,7-9H2,1,3-6H3;1H3,(H,3,4);/q;;+1/p-1/t10-,12?;;/m0../s1. The van der Waals surface area contributed by atoms with Crippen molar-refractivity contribution in [1.82, 2.24) is 0 Å². The molecule has 0 bridgehead atoms. The molecule has 0 heterocycles. The van der Waals surface area contributed by atoms with Crippen LogP contribution in [-0.2, 0) is 46.4 Å². The van der Waals surface area contributed by atoms with Gasteiger partial charge in [0.1, 0.15) is 0 Å². The number of ether oxygens (including phenoxy) is 1. The minimum atomic E-state index is -1.81. The second-order valence-corrected chi connectivity index (χ2v) is 15.7. The van der Waals surface area contributed by atoms with Gasteiger partial charge in [-0.1, -0.05) is 0 Å². The Morgan fingerprint density at radius 2 is 1.76 bits per heavy atom. The van der Waals surface area contributed by atoms with E-state index in [9.17, 15) is 9.59 Å². The van der Waals surface area contributed by atoms with Crippen molar-refractivity contribution in [3.05, 3.63) is 0 Å². The second-order valence-electron chi connectivity index (χ2n) is 6.24. The molecule has 0 aromatic rings. The van der Waals surface area contributed by atoms with Crippen molar-refractivity contribution < 1.29 is 46.4 Å². The molecule has 0 saturated heterocycles. The van der Waals surface area contributed by atoms with Crippen molar-refractivity contribution in [2.24, 2.45) is 5.92 Å². The molecular weight excluding hydrogens is 477 g/mol. The molecule has 5 nitrogen and oxygen atoms in total. The number of rotatable bonds is 10. The summed E-state index contributed by atoms with van der Waals surface area (Å²) in [7, 11) is -1.81. The van der Waals surface area contributed by atoms with E-state index in [0.717, 1.165) is 23.2 Å². The Morgan fingerprint density at radius 3 is 2.19 bits per heavy atom. The van der Waals surface area contributed by atoms with Crippen LogP contribution < -0.4 is 0 Å². The predicted octanol–water partition coefficient (Wildman–Crippen LogP) is 3.51. The van der Waals surface area contributed by atoms with E-state index in [1.165, 1.54) is 13.8 Å². The molecule has 1 unspecified atom stereocenters. The summed E-state index contributed by atoms with van der Waals surface area (Å²) in [4.78, 5) is 22.3. The Kier molecular flexibility index (Phi) is 10.8. The summed E-state index contributed by atoms with van der Waals surface area (Å²) in [5.74, 6) is -0.355. The second kappa shape index (κ2) is 10.7. The molecule has 0 aromatic carbocycles. The number of hydrogen-bond donors (Lipinski definition) is 0. The van der Waals surface area contributed by atoms with Gasteiger partial charge in [-0.2, -0.15) is 0 Å². The Hall–Kier alpha value is 0.0519. The molecule has 0 saturated carbocycles. The fraction of sp³-hybridized carbons (Fsp3) is 0.857. The van der Waals surface area contributed by atoms with Gasteiger partial charge < -0.3 is 0 Å². The van der Waals surface area contributed by atoms with E-state index in [0.29, 0.717) is 0 Å². The number of esters is 1. The molecule has 2 atom stereocenters. The monoisotopic (exact) mass is 506 g/mol. The first-order valence-corrected chi connectivity index (χ1v) is 17.2. The average Bonchev–Trinajstić information content (AvgIpc) is 2.29. The zero-order valence-corrected chi connectivity index (χ0v) is 20.7. The molecule has 0 amide bonds. The average molecular weight is 505 g/mol. The summed E-state index contributed by atoms with van der Waals surface area (Å²) in [6.45, 7) is 11.2. The first kappa shape index (κ1) is 21.1. The maximum absolute atomic E-state index is 11.3. The van der Waals surface area contributed by atoms with Crippen LogP contribution in [0.15, 0.2) is 0 Å². The molecule has 0 aliphatic rings. The molecule has 0 radical (unpaired) electrons. The van der Waals surface area contributed by atoms with Crippen molar-refractivity contribution >= 4 is 20.3 Å². The summed E-state index contributed by atoms with van der Waals surface area (Å²) in [5, 5.41) is 0. The fourth-order valence-electron chi connectivity index (χ4n) is 1.97. The number of carbonyl (C=O) groups is 2. The third-order valence-corrected chi connectivity index (χ3v) is 9.97. The topological polar surface area (TPSA) is 61.8 Å². The molecule has 21 heavy (non-hydrogen) atoms. The number of carbonyl (C=O) groups excluding carboxylic acids is 2. The number of unbranched alkanes of at least 4 members (excludes halogenated alkanes) is 1. The van der Waals surface area contributed by atoms with Gasteiger partial charge in [-0.25, -0.2) is 0 Å². The van der Waals surface area contributed by atoms with Gasteiger partial charge in [-0.15, -0.1) is 0 Å². The molecular formula is C14H28HgO5Si. The maximum atomic E-state index is 11.3. The summed E-state index contributed by atoms with van der Waals surface area (Å²) >= 11 is -1.71. The molecule has 7 heteroatoms. The van der Waals surface area contributed by atoms with Gasteiger partial charge in [0, 0.05) is 0 Å². The van der Waals surface area contributed by atoms with Crippen LogP contribution in [0.5, 0.6) is 0 Å². The van der Waals surface area contributed by atoms with Gasteiger partial charge >= 0.3 is 142 Å². The van der Waals surface area contributed by atoms with E-state index in [4.69, 9.17) is 11.8 Å². The van der Waals surface area contributed by atoms with E-state index in [1.807, 2.05) is 0 Å². The Labute approximate surface area is 142 Å². The van der Waals surface area contributed by atoms with Crippen LogP contribution in [0.1, 0.15) is 40.0 Å². The quantitative estimate of drug-likeness (QED) is 0.259. The van der Waals surface area contributed by atoms with E-state index < -0.39 is 39.6 Å². The van der Waals surface area contributed by atoms with Crippen LogP contribution in [0.2, 0.25) is 23.6 Å². The zero-order chi connectivity index (χ0) is 16.5. The number of hydrogen-bond acceptors (Lipinski definition) is 5. The van der Waals surface area contributed by atoms with Gasteiger partial charge in [0.15, 0.2) is 0 Å². The Bertz CT molecular complexity index is 330.